The summed E-state index contributed by atoms with van der Waals surface area (Å²) in [5.41, 5.74) is 2.83. The predicted octanol–water partition coefficient (Wildman–Crippen LogP) is 4.64. The van der Waals surface area contributed by atoms with Crippen LogP contribution in [0.3, 0.4) is 0 Å². The Labute approximate surface area is 150 Å². The van der Waals surface area contributed by atoms with Gasteiger partial charge >= 0.3 is 0 Å². The molecule has 2 saturated carbocycles. The molecule has 0 aromatic heterocycles. The van der Waals surface area contributed by atoms with Crippen molar-refractivity contribution in [2.24, 2.45) is 0 Å². The summed E-state index contributed by atoms with van der Waals surface area (Å²) >= 11 is 0. The zero-order chi connectivity index (χ0) is 18.0. The fourth-order valence-corrected chi connectivity index (χ4v) is 5.46. The van der Waals surface area contributed by atoms with Gasteiger partial charge in [0.1, 0.15) is 0 Å². The maximum absolute atomic E-state index is 12.1. The molecule has 0 saturated heterocycles. The van der Waals surface area contributed by atoms with Gasteiger partial charge in [0.25, 0.3) is 10.1 Å². The number of hydrogen-bond acceptors (Lipinski definition) is 3. The van der Waals surface area contributed by atoms with Crippen molar-refractivity contribution in [3.63, 3.8) is 0 Å². The van der Waals surface area contributed by atoms with Crippen LogP contribution in [0.15, 0.2) is 23.6 Å². The minimum absolute atomic E-state index is 0.0751. The third-order valence-electron chi connectivity index (χ3n) is 5.90. The highest BCUT2D eigenvalue weighted by Crippen LogP contribution is 2.45. The van der Waals surface area contributed by atoms with Crippen molar-refractivity contribution < 1.29 is 18.1 Å². The molecule has 0 unspecified atom stereocenters. The van der Waals surface area contributed by atoms with Gasteiger partial charge in [-0.2, -0.15) is 8.42 Å². The van der Waals surface area contributed by atoms with Crippen LogP contribution in [0, 0.1) is 0 Å². The SMILES string of the molecule is C=Cc1ccc(S(=O)(=O)O)c(C2CCCCC2)c1C1CCC(O)CC1. The third-order valence-corrected chi connectivity index (χ3v) is 6.81. The first-order valence-corrected chi connectivity index (χ1v) is 10.8. The Bertz CT molecular complexity index is 724. The van der Waals surface area contributed by atoms with Crippen molar-refractivity contribution in [2.75, 3.05) is 0 Å². The van der Waals surface area contributed by atoms with E-state index in [0.717, 1.165) is 68.1 Å². The second kappa shape index (κ2) is 7.60. The van der Waals surface area contributed by atoms with Crippen LogP contribution in [0.5, 0.6) is 0 Å². The Hall–Kier alpha value is -1.17. The molecule has 3 rings (SSSR count). The highest BCUT2D eigenvalue weighted by Gasteiger charge is 2.32. The lowest BCUT2D eigenvalue weighted by Crippen LogP contribution is -2.21. The van der Waals surface area contributed by atoms with Gasteiger partial charge in [0.05, 0.1) is 11.0 Å². The average Bonchev–Trinajstić information content (AvgIpc) is 2.61. The summed E-state index contributed by atoms with van der Waals surface area (Å²) in [6, 6.07) is 3.31. The average molecular weight is 365 g/mol. The summed E-state index contributed by atoms with van der Waals surface area (Å²) < 4.78 is 34.0. The summed E-state index contributed by atoms with van der Waals surface area (Å²) in [6.45, 7) is 3.92. The van der Waals surface area contributed by atoms with Gasteiger partial charge in [0, 0.05) is 0 Å². The van der Waals surface area contributed by atoms with E-state index in [1.165, 1.54) is 12.5 Å². The van der Waals surface area contributed by atoms with E-state index in [0.29, 0.717) is 0 Å². The highest BCUT2D eigenvalue weighted by molar-refractivity contribution is 7.85. The highest BCUT2D eigenvalue weighted by atomic mass is 32.2. The van der Waals surface area contributed by atoms with Gasteiger partial charge in [-0.15, -0.1) is 0 Å². The molecular weight excluding hydrogens is 336 g/mol. The van der Waals surface area contributed by atoms with E-state index in [2.05, 4.69) is 6.58 Å². The standard InChI is InChI=1S/C20H28O4S/c1-2-14-10-13-18(25(22,23)24)20(15-6-4-3-5-7-15)19(14)16-8-11-17(21)12-9-16/h2,10,13,15-17,21H,1,3-9,11-12H2,(H,22,23,24). The molecule has 2 aliphatic carbocycles. The molecule has 138 valence electrons. The van der Waals surface area contributed by atoms with Crippen molar-refractivity contribution in [3.05, 3.63) is 35.4 Å². The molecule has 0 atom stereocenters. The number of hydrogen-bond donors (Lipinski definition) is 2. The molecule has 0 spiro atoms. The van der Waals surface area contributed by atoms with E-state index in [1.54, 1.807) is 12.1 Å². The Morgan fingerprint density at radius 1 is 0.920 bits per heavy atom. The minimum atomic E-state index is -4.26. The molecule has 5 heteroatoms. The van der Waals surface area contributed by atoms with E-state index in [1.807, 2.05) is 0 Å². The molecule has 25 heavy (non-hydrogen) atoms. The van der Waals surface area contributed by atoms with E-state index < -0.39 is 10.1 Å². The Kier molecular flexibility index (Phi) is 5.66. The topological polar surface area (TPSA) is 74.6 Å². The normalized spacial score (nSPS) is 25.7. The van der Waals surface area contributed by atoms with Gasteiger partial charge in [-0.05, 0) is 73.1 Å². The molecule has 1 aromatic carbocycles. The molecule has 1 aromatic rings. The van der Waals surface area contributed by atoms with Gasteiger partial charge in [-0.1, -0.05) is 38.0 Å². The van der Waals surface area contributed by atoms with Crippen LogP contribution in [0.25, 0.3) is 6.08 Å². The Morgan fingerprint density at radius 2 is 1.52 bits per heavy atom. The van der Waals surface area contributed by atoms with E-state index in [-0.39, 0.29) is 22.8 Å². The molecule has 0 aliphatic heterocycles. The second-order valence-corrected chi connectivity index (χ2v) is 8.89. The van der Waals surface area contributed by atoms with Crippen LogP contribution in [-0.2, 0) is 10.1 Å². The molecule has 0 radical (unpaired) electrons. The van der Waals surface area contributed by atoms with E-state index >= 15 is 0 Å². The first kappa shape index (κ1) is 18.6. The van der Waals surface area contributed by atoms with Crippen LogP contribution < -0.4 is 0 Å². The number of benzene rings is 1. The fourth-order valence-electron chi connectivity index (χ4n) is 4.67. The molecule has 4 nitrogen and oxygen atoms in total. The van der Waals surface area contributed by atoms with Crippen LogP contribution >= 0.6 is 0 Å². The minimum Gasteiger partial charge on any atom is -0.393 e. The second-order valence-electron chi connectivity index (χ2n) is 7.50. The number of aliphatic hydroxyl groups excluding tert-OH is 1. The van der Waals surface area contributed by atoms with E-state index in [4.69, 9.17) is 0 Å². The van der Waals surface area contributed by atoms with Crippen molar-refractivity contribution in [1.82, 2.24) is 0 Å². The van der Waals surface area contributed by atoms with Gasteiger partial charge in [-0.25, -0.2) is 0 Å². The summed E-state index contributed by atoms with van der Waals surface area (Å²) in [4.78, 5) is 0.0751. The van der Waals surface area contributed by atoms with Crippen LogP contribution in [0.2, 0.25) is 0 Å². The number of aliphatic hydroxyl groups is 1. The molecule has 2 N–H and O–H groups in total. The van der Waals surface area contributed by atoms with Crippen molar-refractivity contribution in [2.45, 2.75) is 80.6 Å². The van der Waals surface area contributed by atoms with Gasteiger partial charge in [0.2, 0.25) is 0 Å². The van der Waals surface area contributed by atoms with Crippen molar-refractivity contribution in [1.29, 1.82) is 0 Å². The first-order chi connectivity index (χ1) is 11.9. The Morgan fingerprint density at radius 3 is 2.08 bits per heavy atom. The summed E-state index contributed by atoms with van der Waals surface area (Å²) in [5, 5.41) is 9.85. The van der Waals surface area contributed by atoms with Gasteiger partial charge < -0.3 is 5.11 Å². The van der Waals surface area contributed by atoms with E-state index in [9.17, 15) is 18.1 Å². The summed E-state index contributed by atoms with van der Waals surface area (Å²) in [7, 11) is -4.26. The summed E-state index contributed by atoms with van der Waals surface area (Å²) in [5.74, 6) is 0.391. The molecular formula is C20H28O4S. The van der Waals surface area contributed by atoms with Crippen molar-refractivity contribution in [3.8, 4) is 0 Å². The largest absolute Gasteiger partial charge is 0.393 e. The lowest BCUT2D eigenvalue weighted by molar-refractivity contribution is 0.122. The summed E-state index contributed by atoms with van der Waals surface area (Å²) in [6.07, 6.45) is 10.00. The zero-order valence-corrected chi connectivity index (χ0v) is 15.5. The third kappa shape index (κ3) is 3.99. The first-order valence-electron chi connectivity index (χ1n) is 9.36. The molecule has 2 aliphatic rings. The molecule has 2 fully saturated rings. The monoisotopic (exact) mass is 364 g/mol. The molecule has 0 amide bonds. The number of rotatable bonds is 4. The van der Waals surface area contributed by atoms with Gasteiger partial charge in [-0.3, -0.25) is 4.55 Å². The predicted molar refractivity (Wildman–Crippen MR) is 99.4 cm³/mol. The zero-order valence-electron chi connectivity index (χ0n) is 14.7. The maximum Gasteiger partial charge on any atom is 0.294 e. The smallest absolute Gasteiger partial charge is 0.294 e. The van der Waals surface area contributed by atoms with Gasteiger partial charge in [0.15, 0.2) is 0 Å². The fraction of sp³-hybridized carbons (Fsp3) is 0.600. The lowest BCUT2D eigenvalue weighted by atomic mass is 9.74. The Balaban J connectivity index is 2.16. The maximum atomic E-state index is 12.1. The van der Waals surface area contributed by atoms with Crippen LogP contribution in [-0.4, -0.2) is 24.2 Å². The lowest BCUT2D eigenvalue weighted by Gasteiger charge is -2.33. The van der Waals surface area contributed by atoms with Crippen LogP contribution in [0.4, 0.5) is 0 Å². The molecule has 0 heterocycles. The van der Waals surface area contributed by atoms with Crippen molar-refractivity contribution >= 4 is 16.2 Å². The van der Waals surface area contributed by atoms with Crippen LogP contribution in [0.1, 0.15) is 86.3 Å². The quantitative estimate of drug-likeness (QED) is 0.763. The molecule has 0 bridgehead atoms.